The molecule has 0 radical (unpaired) electrons. The van der Waals surface area contributed by atoms with Gasteiger partial charge in [0.1, 0.15) is 5.54 Å². The Balaban J connectivity index is 2.94. The molecule has 4 nitrogen and oxygen atoms in total. The normalized spacial score (nSPS) is 10.7. The van der Waals surface area contributed by atoms with Crippen molar-refractivity contribution < 1.29 is 9.18 Å². The van der Waals surface area contributed by atoms with Crippen LogP contribution in [0.3, 0.4) is 0 Å². The maximum Gasteiger partial charge on any atom is 0.257 e. The first-order valence-electron chi connectivity index (χ1n) is 5.43. The first-order valence-corrected chi connectivity index (χ1v) is 5.43. The van der Waals surface area contributed by atoms with Crippen LogP contribution in [0.15, 0.2) is 18.3 Å². The van der Waals surface area contributed by atoms with Crippen LogP contribution in [0.5, 0.6) is 0 Å². The average Bonchev–Trinajstić information content (AvgIpc) is 2.36. The highest BCUT2D eigenvalue weighted by atomic mass is 19.1. The quantitative estimate of drug-likeness (QED) is 0.812. The molecule has 0 saturated heterocycles. The number of hydrogen-bond acceptors (Lipinski definition) is 3. The Bertz CT molecular complexity index is 449. The second-order valence-corrected chi connectivity index (χ2v) is 3.70. The number of rotatable bonds is 4. The molecule has 17 heavy (non-hydrogen) atoms. The van der Waals surface area contributed by atoms with Crippen molar-refractivity contribution in [2.45, 2.75) is 32.2 Å². The van der Waals surface area contributed by atoms with Gasteiger partial charge in [0.15, 0.2) is 0 Å². The van der Waals surface area contributed by atoms with Crippen molar-refractivity contribution in [1.82, 2.24) is 10.3 Å². The Kier molecular flexibility index (Phi) is 4.16. The average molecular weight is 235 g/mol. The SMILES string of the molecule is CCC(C#N)(CC)NC(=O)c1cccnc1F. The van der Waals surface area contributed by atoms with Crippen molar-refractivity contribution in [1.29, 1.82) is 5.26 Å². The molecule has 0 aromatic carbocycles. The Morgan fingerprint density at radius 3 is 2.71 bits per heavy atom. The predicted molar refractivity (Wildman–Crippen MR) is 60.6 cm³/mol. The van der Waals surface area contributed by atoms with Crippen molar-refractivity contribution in [2.24, 2.45) is 0 Å². The van der Waals surface area contributed by atoms with Gasteiger partial charge >= 0.3 is 0 Å². The molecule has 0 atom stereocenters. The number of aromatic nitrogens is 1. The molecule has 1 aromatic rings. The highest BCUT2D eigenvalue weighted by Gasteiger charge is 2.29. The molecule has 1 aromatic heterocycles. The van der Waals surface area contributed by atoms with Gasteiger partial charge in [0.25, 0.3) is 5.91 Å². The van der Waals surface area contributed by atoms with Crippen molar-refractivity contribution in [3.05, 3.63) is 29.8 Å². The van der Waals surface area contributed by atoms with E-state index < -0.39 is 17.4 Å². The van der Waals surface area contributed by atoms with Gasteiger partial charge in [-0.25, -0.2) is 4.98 Å². The number of carbonyl (C=O) groups excluding carboxylic acids is 1. The minimum absolute atomic E-state index is 0.144. The monoisotopic (exact) mass is 235 g/mol. The number of pyridine rings is 1. The first-order chi connectivity index (χ1) is 8.08. The third kappa shape index (κ3) is 2.78. The largest absolute Gasteiger partial charge is 0.334 e. The summed E-state index contributed by atoms with van der Waals surface area (Å²) >= 11 is 0. The van der Waals surface area contributed by atoms with Gasteiger partial charge in [-0.1, -0.05) is 13.8 Å². The van der Waals surface area contributed by atoms with Crippen LogP contribution in [0.4, 0.5) is 4.39 Å². The summed E-state index contributed by atoms with van der Waals surface area (Å²) < 4.78 is 13.3. The van der Waals surface area contributed by atoms with E-state index in [1.807, 2.05) is 0 Å². The van der Waals surface area contributed by atoms with Crippen LogP contribution >= 0.6 is 0 Å². The number of carbonyl (C=O) groups is 1. The Morgan fingerprint density at radius 1 is 1.59 bits per heavy atom. The molecule has 0 aliphatic rings. The molecule has 0 aliphatic heterocycles. The zero-order chi connectivity index (χ0) is 12.9. The van der Waals surface area contributed by atoms with E-state index in [0.29, 0.717) is 12.8 Å². The van der Waals surface area contributed by atoms with Crippen molar-refractivity contribution in [3.8, 4) is 6.07 Å². The number of nitrogens with one attached hydrogen (secondary N) is 1. The predicted octanol–water partition coefficient (Wildman–Crippen LogP) is 2.03. The van der Waals surface area contributed by atoms with Crippen LogP contribution in [-0.2, 0) is 0 Å². The van der Waals surface area contributed by atoms with E-state index in [0.717, 1.165) is 0 Å². The van der Waals surface area contributed by atoms with Crippen molar-refractivity contribution in [3.63, 3.8) is 0 Å². The van der Waals surface area contributed by atoms with Gasteiger partial charge in [0, 0.05) is 6.20 Å². The third-order valence-electron chi connectivity index (χ3n) is 2.78. The molecule has 5 heteroatoms. The summed E-state index contributed by atoms with van der Waals surface area (Å²) in [5, 5.41) is 11.6. The fourth-order valence-electron chi connectivity index (χ4n) is 1.45. The molecular weight excluding hydrogens is 221 g/mol. The molecule has 1 N–H and O–H groups in total. The maximum absolute atomic E-state index is 13.3. The van der Waals surface area contributed by atoms with E-state index in [1.165, 1.54) is 18.3 Å². The summed E-state index contributed by atoms with van der Waals surface area (Å²) in [6.07, 6.45) is 2.20. The van der Waals surface area contributed by atoms with E-state index in [9.17, 15) is 9.18 Å². The van der Waals surface area contributed by atoms with Crippen LogP contribution in [0, 0.1) is 17.3 Å². The van der Waals surface area contributed by atoms with Gasteiger partial charge in [-0.05, 0) is 25.0 Å². The van der Waals surface area contributed by atoms with E-state index in [2.05, 4.69) is 16.4 Å². The summed E-state index contributed by atoms with van der Waals surface area (Å²) in [6.45, 7) is 3.60. The molecule has 0 fully saturated rings. The fraction of sp³-hybridized carbons (Fsp3) is 0.417. The Hall–Kier alpha value is -1.96. The third-order valence-corrected chi connectivity index (χ3v) is 2.78. The molecule has 0 bridgehead atoms. The summed E-state index contributed by atoms with van der Waals surface area (Å²) in [5.74, 6) is -1.44. The van der Waals surface area contributed by atoms with Crippen LogP contribution in [0.1, 0.15) is 37.0 Å². The Labute approximate surface area is 99.5 Å². The lowest BCUT2D eigenvalue weighted by Crippen LogP contribution is -2.46. The van der Waals surface area contributed by atoms with E-state index in [-0.39, 0.29) is 5.56 Å². The van der Waals surface area contributed by atoms with Gasteiger partial charge in [-0.3, -0.25) is 4.79 Å². The lowest BCUT2D eigenvalue weighted by Gasteiger charge is -2.24. The summed E-state index contributed by atoms with van der Waals surface area (Å²) in [7, 11) is 0. The van der Waals surface area contributed by atoms with Crippen molar-refractivity contribution in [2.75, 3.05) is 0 Å². The molecule has 90 valence electrons. The van der Waals surface area contributed by atoms with Gasteiger partial charge in [0.05, 0.1) is 11.6 Å². The topological polar surface area (TPSA) is 65.8 Å². The highest BCUT2D eigenvalue weighted by molar-refractivity contribution is 5.94. The molecule has 0 spiro atoms. The zero-order valence-electron chi connectivity index (χ0n) is 9.83. The number of halogens is 1. The number of hydrogen-bond donors (Lipinski definition) is 1. The molecule has 1 heterocycles. The second kappa shape index (κ2) is 5.39. The molecule has 0 aliphatic carbocycles. The number of nitriles is 1. The maximum atomic E-state index is 13.3. The van der Waals surface area contributed by atoms with E-state index >= 15 is 0 Å². The summed E-state index contributed by atoms with van der Waals surface area (Å²) in [4.78, 5) is 15.2. The second-order valence-electron chi connectivity index (χ2n) is 3.70. The Morgan fingerprint density at radius 2 is 2.24 bits per heavy atom. The fourth-order valence-corrected chi connectivity index (χ4v) is 1.45. The summed E-state index contributed by atoms with van der Waals surface area (Å²) in [6, 6.07) is 4.87. The van der Waals surface area contributed by atoms with E-state index in [1.54, 1.807) is 13.8 Å². The minimum Gasteiger partial charge on any atom is -0.334 e. The van der Waals surface area contributed by atoms with E-state index in [4.69, 9.17) is 5.26 Å². The standard InChI is InChI=1S/C12H14FN3O/c1-3-12(4-2,8-14)16-11(17)9-6-5-7-15-10(9)13/h5-7H,3-4H2,1-2H3,(H,16,17). The number of amides is 1. The molecule has 1 rings (SSSR count). The number of nitrogens with zero attached hydrogens (tertiary/aromatic N) is 2. The van der Waals surface area contributed by atoms with Crippen LogP contribution in [0.25, 0.3) is 0 Å². The molecule has 0 saturated carbocycles. The van der Waals surface area contributed by atoms with Gasteiger partial charge in [-0.15, -0.1) is 0 Å². The zero-order valence-corrected chi connectivity index (χ0v) is 9.83. The minimum atomic E-state index is -0.945. The van der Waals surface area contributed by atoms with Crippen LogP contribution in [0.2, 0.25) is 0 Å². The first kappa shape index (κ1) is 13.1. The lowest BCUT2D eigenvalue weighted by molar-refractivity contribution is 0.0910. The van der Waals surface area contributed by atoms with Crippen LogP contribution in [-0.4, -0.2) is 16.4 Å². The molecular formula is C12H14FN3O. The lowest BCUT2D eigenvalue weighted by atomic mass is 9.94. The molecule has 1 amide bonds. The highest BCUT2D eigenvalue weighted by Crippen LogP contribution is 2.15. The van der Waals surface area contributed by atoms with Crippen LogP contribution < -0.4 is 5.32 Å². The van der Waals surface area contributed by atoms with Gasteiger partial charge in [-0.2, -0.15) is 9.65 Å². The summed E-state index contributed by atoms with van der Waals surface area (Å²) in [5.41, 5.74) is -1.09. The van der Waals surface area contributed by atoms with Gasteiger partial charge in [0.2, 0.25) is 5.95 Å². The molecule has 0 unspecified atom stereocenters. The van der Waals surface area contributed by atoms with Crippen molar-refractivity contribution >= 4 is 5.91 Å². The smallest absolute Gasteiger partial charge is 0.257 e. The van der Waals surface area contributed by atoms with Gasteiger partial charge < -0.3 is 5.32 Å².